The monoisotopic (exact) mass is 364 g/mol. The number of amides is 1. The van der Waals surface area contributed by atoms with Crippen LogP contribution in [0, 0.1) is 11.8 Å². The molecular weight excluding hydrogens is 344 g/mol. The number of para-hydroxylation sites is 2. The third-order valence-electron chi connectivity index (χ3n) is 5.62. The summed E-state index contributed by atoms with van der Waals surface area (Å²) in [5.41, 5.74) is 9.02. The van der Waals surface area contributed by atoms with E-state index in [1.54, 1.807) is 10.6 Å². The summed E-state index contributed by atoms with van der Waals surface area (Å²) >= 11 is 0. The third-order valence-corrected chi connectivity index (χ3v) is 5.62. The van der Waals surface area contributed by atoms with Gasteiger partial charge in [-0.05, 0) is 23.6 Å². The number of hydrogen-bond acceptors (Lipinski definition) is 5. The van der Waals surface area contributed by atoms with Crippen molar-refractivity contribution in [2.24, 2.45) is 11.8 Å². The number of hydrogen-bond donors (Lipinski definition) is 3. The van der Waals surface area contributed by atoms with Gasteiger partial charge in [-0.3, -0.25) is 9.36 Å². The van der Waals surface area contributed by atoms with E-state index >= 15 is 0 Å². The number of hydrazine groups is 1. The molecule has 0 spiro atoms. The Morgan fingerprint density at radius 1 is 1.00 bits per heavy atom. The van der Waals surface area contributed by atoms with Crippen LogP contribution in [0.4, 0.5) is 0 Å². The molecule has 5 rings (SSSR count). The minimum Gasteiger partial charge on any atom is -0.408 e. The number of carbonyl (C=O) groups is 1. The summed E-state index contributed by atoms with van der Waals surface area (Å²) in [7, 11) is 0. The number of aromatic nitrogens is 1. The van der Waals surface area contributed by atoms with Gasteiger partial charge >= 0.3 is 5.76 Å². The Labute approximate surface area is 155 Å². The minimum atomic E-state index is -0.381. The number of benzene rings is 2. The van der Waals surface area contributed by atoms with Crippen LogP contribution in [0.25, 0.3) is 11.1 Å². The van der Waals surface area contributed by atoms with Gasteiger partial charge in [0.15, 0.2) is 5.58 Å². The number of oxazole rings is 1. The zero-order valence-corrected chi connectivity index (χ0v) is 14.6. The molecule has 2 saturated heterocycles. The van der Waals surface area contributed by atoms with Gasteiger partial charge in [0, 0.05) is 18.9 Å². The Morgan fingerprint density at radius 2 is 1.78 bits per heavy atom. The van der Waals surface area contributed by atoms with E-state index in [9.17, 15) is 9.59 Å². The van der Waals surface area contributed by atoms with Crippen LogP contribution >= 0.6 is 0 Å². The van der Waals surface area contributed by atoms with Gasteiger partial charge in [-0.15, -0.1) is 0 Å². The second kappa shape index (κ2) is 6.37. The summed E-state index contributed by atoms with van der Waals surface area (Å²) in [5.74, 6) is -0.278. The first-order valence-electron chi connectivity index (χ1n) is 9.14. The Bertz CT molecular complexity index is 1040. The molecule has 2 aliphatic heterocycles. The molecular formula is C20H20N4O3. The molecule has 4 unspecified atom stereocenters. The van der Waals surface area contributed by atoms with Crippen molar-refractivity contribution in [3.05, 3.63) is 70.7 Å². The van der Waals surface area contributed by atoms with Gasteiger partial charge in [0.2, 0.25) is 5.91 Å². The van der Waals surface area contributed by atoms with Crippen LogP contribution in [0.15, 0.2) is 63.8 Å². The molecule has 0 aliphatic carbocycles. The molecule has 3 heterocycles. The Morgan fingerprint density at radius 3 is 2.63 bits per heavy atom. The first-order chi connectivity index (χ1) is 13.2. The first-order valence-corrected chi connectivity index (χ1v) is 9.14. The minimum absolute atomic E-state index is 0.00448. The van der Waals surface area contributed by atoms with Crippen LogP contribution in [-0.4, -0.2) is 16.6 Å². The number of carbonyl (C=O) groups excluding carboxylic acids is 1. The van der Waals surface area contributed by atoms with Crippen LogP contribution in [0.5, 0.6) is 0 Å². The molecule has 7 nitrogen and oxygen atoms in total. The van der Waals surface area contributed by atoms with Gasteiger partial charge in [0.25, 0.3) is 0 Å². The third kappa shape index (κ3) is 2.75. The lowest BCUT2D eigenvalue weighted by Gasteiger charge is -2.35. The van der Waals surface area contributed by atoms with Gasteiger partial charge in [0.1, 0.15) is 0 Å². The lowest BCUT2D eigenvalue weighted by molar-refractivity contribution is -0.126. The molecule has 0 bridgehead atoms. The van der Waals surface area contributed by atoms with Crippen LogP contribution in [0.3, 0.4) is 0 Å². The summed E-state index contributed by atoms with van der Waals surface area (Å²) in [6.45, 7) is 0.442. The lowest BCUT2D eigenvalue weighted by atomic mass is 9.77. The largest absolute Gasteiger partial charge is 0.419 e. The molecule has 2 fully saturated rings. The molecule has 138 valence electrons. The van der Waals surface area contributed by atoms with E-state index in [0.717, 1.165) is 11.1 Å². The van der Waals surface area contributed by atoms with Crippen molar-refractivity contribution in [2.75, 3.05) is 0 Å². The fourth-order valence-electron chi connectivity index (χ4n) is 4.42. The summed E-state index contributed by atoms with van der Waals surface area (Å²) in [6, 6.07) is 17.6. The highest BCUT2D eigenvalue weighted by Crippen LogP contribution is 2.38. The second-order valence-corrected chi connectivity index (χ2v) is 7.21. The molecule has 0 radical (unpaired) electrons. The van der Waals surface area contributed by atoms with E-state index in [2.05, 4.69) is 28.3 Å². The van der Waals surface area contributed by atoms with Crippen molar-refractivity contribution in [3.8, 4) is 0 Å². The van der Waals surface area contributed by atoms with E-state index in [-0.39, 0.29) is 35.7 Å². The molecule has 1 amide bonds. The normalized spacial score (nSPS) is 27.5. The van der Waals surface area contributed by atoms with E-state index < -0.39 is 0 Å². The van der Waals surface area contributed by atoms with Gasteiger partial charge in [-0.1, -0.05) is 42.5 Å². The van der Waals surface area contributed by atoms with Gasteiger partial charge in [-0.25, -0.2) is 15.6 Å². The number of nitrogens with zero attached hydrogens (tertiary/aromatic N) is 1. The maximum atomic E-state index is 12.4. The maximum Gasteiger partial charge on any atom is 0.419 e. The quantitative estimate of drug-likeness (QED) is 0.656. The molecule has 4 atom stereocenters. The highest BCUT2D eigenvalue weighted by molar-refractivity contribution is 5.78. The van der Waals surface area contributed by atoms with E-state index in [1.807, 2.05) is 36.4 Å². The van der Waals surface area contributed by atoms with Gasteiger partial charge in [-0.2, -0.15) is 0 Å². The lowest BCUT2D eigenvalue weighted by Crippen LogP contribution is -2.53. The Hall–Kier alpha value is -2.90. The van der Waals surface area contributed by atoms with Crippen molar-refractivity contribution in [3.63, 3.8) is 0 Å². The highest BCUT2D eigenvalue weighted by Gasteiger charge is 2.46. The summed E-state index contributed by atoms with van der Waals surface area (Å²) < 4.78 is 7.01. The van der Waals surface area contributed by atoms with Gasteiger partial charge in [0.05, 0.1) is 17.7 Å². The zero-order valence-electron chi connectivity index (χ0n) is 14.6. The average Bonchev–Trinajstić information content (AvgIpc) is 3.24. The SMILES string of the molecule is O=C1CC(Cn2c(=O)oc3ccccc32)C2C(NNC2c2ccccc2)N1. The van der Waals surface area contributed by atoms with Gasteiger partial charge < -0.3 is 9.73 Å². The topological polar surface area (TPSA) is 88.3 Å². The van der Waals surface area contributed by atoms with Crippen molar-refractivity contribution in [1.82, 2.24) is 20.7 Å². The number of fused-ring (bicyclic) bond motifs is 2. The molecule has 2 aromatic carbocycles. The molecule has 27 heavy (non-hydrogen) atoms. The van der Waals surface area contributed by atoms with Crippen molar-refractivity contribution in [2.45, 2.75) is 25.2 Å². The fourth-order valence-corrected chi connectivity index (χ4v) is 4.42. The Kier molecular flexibility index (Phi) is 3.84. The zero-order chi connectivity index (χ0) is 18.4. The molecule has 1 aromatic heterocycles. The van der Waals surface area contributed by atoms with Crippen LogP contribution in [-0.2, 0) is 11.3 Å². The molecule has 3 N–H and O–H groups in total. The predicted molar refractivity (Wildman–Crippen MR) is 99.5 cm³/mol. The van der Waals surface area contributed by atoms with E-state index in [1.165, 1.54) is 0 Å². The first kappa shape index (κ1) is 16.3. The number of piperidine rings is 1. The van der Waals surface area contributed by atoms with Crippen molar-refractivity contribution >= 4 is 17.0 Å². The van der Waals surface area contributed by atoms with E-state index in [4.69, 9.17) is 4.42 Å². The number of nitrogens with one attached hydrogen (secondary N) is 3. The average molecular weight is 364 g/mol. The molecule has 7 heteroatoms. The predicted octanol–water partition coefficient (Wildman–Crippen LogP) is 1.52. The molecule has 0 saturated carbocycles. The Balaban J connectivity index is 1.52. The van der Waals surface area contributed by atoms with E-state index in [0.29, 0.717) is 18.5 Å². The molecule has 3 aromatic rings. The summed E-state index contributed by atoms with van der Waals surface area (Å²) in [4.78, 5) is 24.6. The number of rotatable bonds is 3. The second-order valence-electron chi connectivity index (χ2n) is 7.21. The standard InChI is InChI=1S/C20H20N4O3/c25-16-10-13(11-24-14-8-4-5-9-15(14)27-20(24)26)17-18(22-23-19(17)21-16)12-6-2-1-3-7-12/h1-9,13,17-19,22-23H,10-11H2,(H,21,25). The summed E-state index contributed by atoms with van der Waals surface area (Å²) in [6.07, 6.45) is 0.204. The summed E-state index contributed by atoms with van der Waals surface area (Å²) in [5, 5.41) is 3.02. The smallest absolute Gasteiger partial charge is 0.408 e. The van der Waals surface area contributed by atoms with Crippen LogP contribution in [0.1, 0.15) is 18.0 Å². The van der Waals surface area contributed by atoms with Crippen LogP contribution < -0.4 is 21.9 Å². The highest BCUT2D eigenvalue weighted by atomic mass is 16.4. The molecule has 2 aliphatic rings. The maximum absolute atomic E-state index is 12.4. The van der Waals surface area contributed by atoms with Crippen molar-refractivity contribution < 1.29 is 9.21 Å². The van der Waals surface area contributed by atoms with Crippen molar-refractivity contribution in [1.29, 1.82) is 0 Å². The fraction of sp³-hybridized carbons (Fsp3) is 0.300. The van der Waals surface area contributed by atoms with Crippen LogP contribution in [0.2, 0.25) is 0 Å².